The standard InChI is InChI=1S/C13H22OS/c1-2-10-5-3-4-6-12(10)13(14)11-7-8-15-9-11/h10-12H,2-9H2,1H3. The van der Waals surface area contributed by atoms with Crippen LogP contribution in [0.2, 0.25) is 0 Å². The summed E-state index contributed by atoms with van der Waals surface area (Å²) >= 11 is 1.96. The van der Waals surface area contributed by atoms with Crippen molar-refractivity contribution in [1.29, 1.82) is 0 Å². The topological polar surface area (TPSA) is 17.1 Å². The molecule has 2 aliphatic rings. The maximum absolute atomic E-state index is 12.4. The lowest BCUT2D eigenvalue weighted by atomic mass is 9.73. The minimum atomic E-state index is 0.409. The fourth-order valence-corrected chi connectivity index (χ4v) is 4.37. The van der Waals surface area contributed by atoms with Gasteiger partial charge >= 0.3 is 0 Å². The monoisotopic (exact) mass is 226 g/mol. The maximum Gasteiger partial charge on any atom is 0.140 e. The molecule has 86 valence electrons. The van der Waals surface area contributed by atoms with Gasteiger partial charge in [-0.3, -0.25) is 4.79 Å². The van der Waals surface area contributed by atoms with E-state index in [2.05, 4.69) is 6.92 Å². The van der Waals surface area contributed by atoms with Crippen molar-refractivity contribution >= 4 is 17.5 Å². The molecule has 0 spiro atoms. The van der Waals surface area contributed by atoms with Crippen molar-refractivity contribution in [3.05, 3.63) is 0 Å². The van der Waals surface area contributed by atoms with Gasteiger partial charge in [-0.2, -0.15) is 11.8 Å². The Balaban J connectivity index is 1.96. The van der Waals surface area contributed by atoms with Gasteiger partial charge in [0.2, 0.25) is 0 Å². The Morgan fingerprint density at radius 3 is 2.73 bits per heavy atom. The number of rotatable bonds is 3. The van der Waals surface area contributed by atoms with Crippen LogP contribution in [0.4, 0.5) is 0 Å². The largest absolute Gasteiger partial charge is 0.299 e. The van der Waals surface area contributed by atoms with Gasteiger partial charge in [0.25, 0.3) is 0 Å². The van der Waals surface area contributed by atoms with Crippen LogP contribution >= 0.6 is 11.8 Å². The third-order valence-electron chi connectivity index (χ3n) is 4.13. The van der Waals surface area contributed by atoms with Crippen molar-refractivity contribution < 1.29 is 4.79 Å². The molecule has 1 saturated carbocycles. The van der Waals surface area contributed by atoms with Crippen molar-refractivity contribution in [3.63, 3.8) is 0 Å². The van der Waals surface area contributed by atoms with Gasteiger partial charge in [0.1, 0.15) is 5.78 Å². The highest BCUT2D eigenvalue weighted by atomic mass is 32.2. The smallest absolute Gasteiger partial charge is 0.140 e. The van der Waals surface area contributed by atoms with Crippen LogP contribution in [0.25, 0.3) is 0 Å². The summed E-state index contributed by atoms with van der Waals surface area (Å²) in [6, 6.07) is 0. The van der Waals surface area contributed by atoms with Crippen LogP contribution in [0.15, 0.2) is 0 Å². The number of carbonyl (C=O) groups excluding carboxylic acids is 1. The molecule has 1 heterocycles. The number of carbonyl (C=O) groups is 1. The molecular formula is C13H22OS. The fraction of sp³-hybridized carbons (Fsp3) is 0.923. The molecule has 0 aromatic rings. The number of hydrogen-bond acceptors (Lipinski definition) is 2. The van der Waals surface area contributed by atoms with Gasteiger partial charge in [-0.25, -0.2) is 0 Å². The molecule has 3 unspecified atom stereocenters. The molecule has 0 radical (unpaired) electrons. The van der Waals surface area contributed by atoms with E-state index >= 15 is 0 Å². The summed E-state index contributed by atoms with van der Waals surface area (Å²) in [6.07, 6.45) is 7.46. The van der Waals surface area contributed by atoms with Gasteiger partial charge in [-0.05, 0) is 30.9 Å². The lowest BCUT2D eigenvalue weighted by Gasteiger charge is -2.31. The predicted octanol–water partition coefficient (Wildman–Crippen LogP) is 3.53. The van der Waals surface area contributed by atoms with Crippen molar-refractivity contribution in [1.82, 2.24) is 0 Å². The SMILES string of the molecule is CCC1CCCCC1C(=O)C1CCSC1. The van der Waals surface area contributed by atoms with Crippen molar-refractivity contribution in [2.24, 2.45) is 17.8 Å². The summed E-state index contributed by atoms with van der Waals surface area (Å²) in [4.78, 5) is 12.4. The Labute approximate surface area is 97.4 Å². The van der Waals surface area contributed by atoms with Crippen molar-refractivity contribution in [2.45, 2.75) is 45.4 Å². The quantitative estimate of drug-likeness (QED) is 0.732. The molecule has 2 fully saturated rings. The van der Waals surface area contributed by atoms with E-state index in [1.54, 1.807) is 0 Å². The molecule has 1 nitrogen and oxygen atoms in total. The average molecular weight is 226 g/mol. The van der Waals surface area contributed by atoms with Gasteiger partial charge in [-0.15, -0.1) is 0 Å². The van der Waals surface area contributed by atoms with E-state index in [4.69, 9.17) is 0 Å². The molecule has 1 saturated heterocycles. The minimum absolute atomic E-state index is 0.409. The number of hydrogen-bond donors (Lipinski definition) is 0. The first kappa shape index (κ1) is 11.5. The van der Waals surface area contributed by atoms with Gasteiger partial charge in [0.15, 0.2) is 0 Å². The normalized spacial score (nSPS) is 36.7. The summed E-state index contributed by atoms with van der Waals surface area (Å²) < 4.78 is 0. The second kappa shape index (κ2) is 5.38. The number of ketones is 1. The Morgan fingerprint density at radius 2 is 2.07 bits per heavy atom. The predicted molar refractivity (Wildman–Crippen MR) is 66.2 cm³/mol. The average Bonchev–Trinajstić information content (AvgIpc) is 2.81. The lowest BCUT2D eigenvalue weighted by molar-refractivity contribution is -0.128. The van der Waals surface area contributed by atoms with E-state index in [1.807, 2.05) is 11.8 Å². The highest BCUT2D eigenvalue weighted by Crippen LogP contribution is 2.37. The molecule has 2 rings (SSSR count). The van der Waals surface area contributed by atoms with Crippen molar-refractivity contribution in [2.75, 3.05) is 11.5 Å². The first-order chi connectivity index (χ1) is 7.33. The van der Waals surface area contributed by atoms with Gasteiger partial charge in [-0.1, -0.05) is 26.2 Å². The summed E-state index contributed by atoms with van der Waals surface area (Å²) in [6.45, 7) is 2.25. The van der Waals surface area contributed by atoms with Crippen LogP contribution in [-0.4, -0.2) is 17.3 Å². The zero-order valence-electron chi connectivity index (χ0n) is 9.71. The number of Topliss-reactive ketones (excluding diaryl/α,β-unsaturated/α-hetero) is 1. The Bertz CT molecular complexity index is 221. The highest BCUT2D eigenvalue weighted by molar-refractivity contribution is 7.99. The van der Waals surface area contributed by atoms with Gasteiger partial charge in [0.05, 0.1) is 0 Å². The first-order valence-electron chi connectivity index (χ1n) is 6.44. The van der Waals surface area contributed by atoms with Crippen LogP contribution in [-0.2, 0) is 4.79 Å². The van der Waals surface area contributed by atoms with Crippen LogP contribution < -0.4 is 0 Å². The molecule has 0 bridgehead atoms. The van der Waals surface area contributed by atoms with Crippen LogP contribution in [0.1, 0.15) is 45.4 Å². The fourth-order valence-electron chi connectivity index (χ4n) is 3.13. The van der Waals surface area contributed by atoms with E-state index in [0.29, 0.717) is 23.5 Å². The maximum atomic E-state index is 12.4. The molecule has 1 aliphatic carbocycles. The van der Waals surface area contributed by atoms with E-state index in [-0.39, 0.29) is 0 Å². The third-order valence-corrected chi connectivity index (χ3v) is 5.29. The van der Waals surface area contributed by atoms with E-state index in [1.165, 1.54) is 37.9 Å². The van der Waals surface area contributed by atoms with Crippen LogP contribution in [0.3, 0.4) is 0 Å². The van der Waals surface area contributed by atoms with Crippen molar-refractivity contribution in [3.8, 4) is 0 Å². The summed E-state index contributed by atoms with van der Waals surface area (Å²) in [7, 11) is 0. The molecular weight excluding hydrogens is 204 g/mol. The van der Waals surface area contributed by atoms with Crippen LogP contribution in [0, 0.1) is 17.8 Å². The summed E-state index contributed by atoms with van der Waals surface area (Å²) in [5.74, 6) is 4.47. The van der Waals surface area contributed by atoms with E-state index in [9.17, 15) is 4.79 Å². The lowest BCUT2D eigenvalue weighted by Crippen LogP contribution is -2.31. The van der Waals surface area contributed by atoms with Crippen LogP contribution in [0.5, 0.6) is 0 Å². The molecule has 0 aromatic carbocycles. The molecule has 0 aromatic heterocycles. The Kier molecular flexibility index (Phi) is 4.13. The molecule has 0 amide bonds. The minimum Gasteiger partial charge on any atom is -0.299 e. The summed E-state index contributed by atoms with van der Waals surface area (Å²) in [5.41, 5.74) is 0. The van der Waals surface area contributed by atoms with E-state index in [0.717, 1.165) is 12.2 Å². The van der Waals surface area contributed by atoms with Gasteiger partial charge < -0.3 is 0 Å². The molecule has 2 heteroatoms. The second-order valence-electron chi connectivity index (χ2n) is 5.02. The second-order valence-corrected chi connectivity index (χ2v) is 6.17. The Morgan fingerprint density at radius 1 is 1.27 bits per heavy atom. The molecule has 1 aliphatic heterocycles. The Hall–Kier alpha value is 0.0200. The van der Waals surface area contributed by atoms with Gasteiger partial charge in [0, 0.05) is 17.6 Å². The zero-order valence-corrected chi connectivity index (χ0v) is 10.5. The third kappa shape index (κ3) is 2.58. The van der Waals surface area contributed by atoms with E-state index < -0.39 is 0 Å². The summed E-state index contributed by atoms with van der Waals surface area (Å²) in [5, 5.41) is 0. The number of thioether (sulfide) groups is 1. The zero-order chi connectivity index (χ0) is 10.7. The highest BCUT2D eigenvalue weighted by Gasteiger charge is 2.34. The molecule has 0 N–H and O–H groups in total. The first-order valence-corrected chi connectivity index (χ1v) is 7.60. The molecule has 3 atom stereocenters. The molecule has 15 heavy (non-hydrogen) atoms.